The molecule has 134 valence electrons. The van der Waals surface area contributed by atoms with Crippen molar-refractivity contribution in [3.05, 3.63) is 68.8 Å². The van der Waals surface area contributed by atoms with Gasteiger partial charge in [0.05, 0.1) is 13.3 Å². The molecule has 0 fully saturated rings. The molecule has 0 radical (unpaired) electrons. The summed E-state index contributed by atoms with van der Waals surface area (Å²) < 4.78 is 14.2. The van der Waals surface area contributed by atoms with Gasteiger partial charge in [-0.3, -0.25) is 0 Å². The number of ether oxygens (including phenoxy) is 2. The van der Waals surface area contributed by atoms with Crippen LogP contribution in [0.5, 0.6) is 11.5 Å². The fraction of sp³-hybridized carbons (Fsp3) is 0.211. The van der Waals surface area contributed by atoms with E-state index < -0.39 is 0 Å². The molecule has 0 aliphatic carbocycles. The summed E-state index contributed by atoms with van der Waals surface area (Å²) in [6.45, 7) is 4.15. The van der Waals surface area contributed by atoms with Gasteiger partial charge in [0, 0.05) is 9.13 Å². The lowest BCUT2D eigenvalue weighted by Crippen LogP contribution is -2.01. The van der Waals surface area contributed by atoms with Crippen molar-refractivity contribution in [1.82, 2.24) is 14.9 Å². The van der Waals surface area contributed by atoms with Crippen LogP contribution in [0.2, 0.25) is 0 Å². The summed E-state index contributed by atoms with van der Waals surface area (Å²) in [6.07, 6.45) is 1.77. The molecule has 7 heteroatoms. The average Bonchev–Trinajstić information content (AvgIpc) is 2.97. The molecule has 0 spiro atoms. The van der Waals surface area contributed by atoms with E-state index in [0.717, 1.165) is 34.3 Å². The van der Waals surface area contributed by atoms with E-state index in [4.69, 9.17) is 9.47 Å². The molecule has 1 heterocycles. The first-order valence-electron chi connectivity index (χ1n) is 8.05. The van der Waals surface area contributed by atoms with Crippen molar-refractivity contribution in [2.45, 2.75) is 20.5 Å². The van der Waals surface area contributed by atoms with Crippen LogP contribution in [0.3, 0.4) is 0 Å². The third kappa shape index (κ3) is 4.40. The largest absolute Gasteiger partial charge is 0.496 e. The lowest BCUT2D eigenvalue weighted by atomic mass is 10.1. The summed E-state index contributed by atoms with van der Waals surface area (Å²) in [5, 5.41) is 12.4. The van der Waals surface area contributed by atoms with Crippen molar-refractivity contribution in [3.8, 4) is 11.5 Å². The van der Waals surface area contributed by atoms with Gasteiger partial charge in [0.2, 0.25) is 0 Å². The Morgan fingerprint density at radius 2 is 1.77 bits per heavy atom. The van der Waals surface area contributed by atoms with E-state index in [1.807, 2.05) is 56.3 Å². The molecular weight excluding hydrogens is 443 g/mol. The number of aryl methyl sites for hydroxylation is 2. The number of methoxy groups -OCH3 is 1. The van der Waals surface area contributed by atoms with Gasteiger partial charge in [-0.15, -0.1) is 10.2 Å². The molecule has 0 saturated heterocycles. The van der Waals surface area contributed by atoms with E-state index in [0.29, 0.717) is 6.61 Å². The fourth-order valence-electron chi connectivity index (χ4n) is 2.44. The maximum Gasteiger partial charge on any atom is 0.151 e. The number of halogens is 1. The zero-order valence-corrected chi connectivity index (χ0v) is 17.0. The molecule has 0 N–H and O–H groups in total. The van der Waals surface area contributed by atoms with Crippen LogP contribution < -0.4 is 9.47 Å². The molecule has 6 nitrogen and oxygen atoms in total. The molecule has 1 aromatic heterocycles. The highest BCUT2D eigenvalue weighted by atomic mass is 127. The lowest BCUT2D eigenvalue weighted by Gasteiger charge is -2.11. The Kier molecular flexibility index (Phi) is 5.87. The monoisotopic (exact) mass is 462 g/mol. The summed E-state index contributed by atoms with van der Waals surface area (Å²) in [5.41, 5.74) is 1.90. The number of aromatic nitrogens is 3. The second-order valence-corrected chi connectivity index (χ2v) is 6.91. The molecule has 3 aromatic rings. The minimum Gasteiger partial charge on any atom is -0.496 e. The third-order valence-electron chi connectivity index (χ3n) is 3.79. The smallest absolute Gasteiger partial charge is 0.151 e. The standard InChI is InChI=1S/C19H19IN4O2/c1-13-22-23-14(2)24(13)21-11-15-4-9-19(25-3)16(10-15)12-26-18-7-5-17(20)6-8-18/h4-11H,12H2,1-3H3. The molecule has 0 saturated carbocycles. The first kappa shape index (κ1) is 18.4. The first-order valence-corrected chi connectivity index (χ1v) is 9.13. The van der Waals surface area contributed by atoms with Crippen LogP contribution in [-0.2, 0) is 6.61 Å². The maximum atomic E-state index is 5.88. The van der Waals surface area contributed by atoms with Crippen LogP contribution in [-0.4, -0.2) is 28.2 Å². The Labute approximate surface area is 166 Å². The highest BCUT2D eigenvalue weighted by Gasteiger charge is 2.06. The Morgan fingerprint density at radius 3 is 2.42 bits per heavy atom. The molecule has 0 aliphatic heterocycles. The molecule has 2 aromatic carbocycles. The average molecular weight is 462 g/mol. The zero-order valence-electron chi connectivity index (χ0n) is 14.8. The van der Waals surface area contributed by atoms with Crippen LogP contribution in [0, 0.1) is 17.4 Å². The van der Waals surface area contributed by atoms with Gasteiger partial charge in [0.1, 0.15) is 18.1 Å². The lowest BCUT2D eigenvalue weighted by molar-refractivity contribution is 0.296. The van der Waals surface area contributed by atoms with Crippen molar-refractivity contribution in [3.63, 3.8) is 0 Å². The van der Waals surface area contributed by atoms with Gasteiger partial charge >= 0.3 is 0 Å². The number of nitrogens with zero attached hydrogens (tertiary/aromatic N) is 4. The van der Waals surface area contributed by atoms with Crippen LogP contribution in [0.15, 0.2) is 47.6 Å². The highest BCUT2D eigenvalue weighted by molar-refractivity contribution is 14.1. The van der Waals surface area contributed by atoms with Gasteiger partial charge in [0.25, 0.3) is 0 Å². The minimum atomic E-state index is 0.413. The van der Waals surface area contributed by atoms with Gasteiger partial charge in [-0.25, -0.2) is 4.68 Å². The highest BCUT2D eigenvalue weighted by Crippen LogP contribution is 2.22. The third-order valence-corrected chi connectivity index (χ3v) is 4.51. The van der Waals surface area contributed by atoms with Crippen molar-refractivity contribution in [1.29, 1.82) is 0 Å². The van der Waals surface area contributed by atoms with Crippen LogP contribution >= 0.6 is 22.6 Å². The quantitative estimate of drug-likeness (QED) is 0.411. The van der Waals surface area contributed by atoms with Gasteiger partial charge in [0.15, 0.2) is 11.6 Å². The number of rotatable bonds is 6. The Balaban J connectivity index is 1.78. The molecule has 0 aliphatic rings. The summed E-state index contributed by atoms with van der Waals surface area (Å²) >= 11 is 2.27. The summed E-state index contributed by atoms with van der Waals surface area (Å²) in [6, 6.07) is 13.8. The van der Waals surface area contributed by atoms with E-state index in [1.165, 1.54) is 3.57 Å². The second kappa shape index (κ2) is 8.31. The molecule has 0 unspecified atom stereocenters. The topological polar surface area (TPSA) is 61.5 Å². The number of benzene rings is 2. The molecule has 0 amide bonds. The number of hydrogen-bond acceptors (Lipinski definition) is 5. The van der Waals surface area contributed by atoms with Crippen LogP contribution in [0.25, 0.3) is 0 Å². The van der Waals surface area contributed by atoms with E-state index in [9.17, 15) is 0 Å². The van der Waals surface area contributed by atoms with E-state index in [2.05, 4.69) is 37.9 Å². The minimum absolute atomic E-state index is 0.413. The molecule has 3 rings (SSSR count). The van der Waals surface area contributed by atoms with Gasteiger partial charge in [-0.1, -0.05) is 0 Å². The van der Waals surface area contributed by atoms with Gasteiger partial charge < -0.3 is 9.47 Å². The summed E-state index contributed by atoms with van der Waals surface area (Å²) in [4.78, 5) is 0. The van der Waals surface area contributed by atoms with Gasteiger partial charge in [-0.05, 0) is 84.5 Å². The summed E-state index contributed by atoms with van der Waals surface area (Å²) in [5.74, 6) is 3.09. The molecule has 26 heavy (non-hydrogen) atoms. The first-order chi connectivity index (χ1) is 12.6. The zero-order chi connectivity index (χ0) is 18.5. The fourth-order valence-corrected chi connectivity index (χ4v) is 2.80. The predicted octanol–water partition coefficient (Wildman–Crippen LogP) is 3.97. The molecule has 0 atom stereocenters. The van der Waals surface area contributed by atoms with E-state index in [1.54, 1.807) is 18.0 Å². The Morgan fingerprint density at radius 1 is 1.08 bits per heavy atom. The Hall–Kier alpha value is -2.42. The van der Waals surface area contributed by atoms with Crippen LogP contribution in [0.1, 0.15) is 22.8 Å². The van der Waals surface area contributed by atoms with Crippen molar-refractivity contribution >= 4 is 28.8 Å². The van der Waals surface area contributed by atoms with Crippen molar-refractivity contribution < 1.29 is 9.47 Å². The van der Waals surface area contributed by atoms with E-state index in [-0.39, 0.29) is 0 Å². The van der Waals surface area contributed by atoms with Crippen molar-refractivity contribution in [2.24, 2.45) is 5.10 Å². The van der Waals surface area contributed by atoms with E-state index >= 15 is 0 Å². The predicted molar refractivity (Wildman–Crippen MR) is 109 cm³/mol. The van der Waals surface area contributed by atoms with Gasteiger partial charge in [-0.2, -0.15) is 5.10 Å². The summed E-state index contributed by atoms with van der Waals surface area (Å²) in [7, 11) is 1.65. The second-order valence-electron chi connectivity index (χ2n) is 5.66. The SMILES string of the molecule is COc1ccc(C=Nn2c(C)nnc2C)cc1COc1ccc(I)cc1. The molecule has 0 bridgehead atoms. The molecular formula is C19H19IN4O2. The Bertz CT molecular complexity index is 900. The van der Waals surface area contributed by atoms with Crippen molar-refractivity contribution in [2.75, 3.05) is 7.11 Å². The van der Waals surface area contributed by atoms with Crippen LogP contribution in [0.4, 0.5) is 0 Å². The number of hydrogen-bond donors (Lipinski definition) is 0. The normalized spacial score (nSPS) is 11.1. The maximum absolute atomic E-state index is 5.88.